The fourth-order valence-corrected chi connectivity index (χ4v) is 6.46. The van der Waals surface area contributed by atoms with E-state index in [2.05, 4.69) is 16.8 Å². The summed E-state index contributed by atoms with van der Waals surface area (Å²) in [4.78, 5) is 26.1. The van der Waals surface area contributed by atoms with E-state index in [9.17, 15) is 18.0 Å². The number of likely N-dealkylation sites (N-methyl/N-ethyl adjacent to an activating group) is 1. The fraction of sp³-hybridized carbons (Fsp3) is 0.433. The minimum Gasteiger partial charge on any atom is -0.364 e. The number of quaternary nitrogens is 1. The van der Waals surface area contributed by atoms with Crippen molar-refractivity contribution in [1.29, 1.82) is 0 Å². The van der Waals surface area contributed by atoms with E-state index in [1.807, 2.05) is 38.1 Å². The summed E-state index contributed by atoms with van der Waals surface area (Å²) in [6.07, 6.45) is 3.07. The maximum atomic E-state index is 13.5. The molecule has 0 saturated heterocycles. The number of carbonyl (C=O) groups excluding carboxylic acids is 2. The molecule has 1 unspecified atom stereocenters. The van der Waals surface area contributed by atoms with Gasteiger partial charge < -0.3 is 10.3 Å². The maximum Gasteiger partial charge on any atom is 0.314 e. The van der Waals surface area contributed by atoms with Gasteiger partial charge in [0.15, 0.2) is 6.04 Å². The van der Waals surface area contributed by atoms with Crippen LogP contribution in [0.25, 0.3) is 11.1 Å². The normalized spacial score (nSPS) is 14.1. The number of rotatable bonds is 13. The number of nitrogens with two attached hydrogens (primary N) is 1. The molecule has 0 radical (unpaired) electrons. The zero-order valence-corrected chi connectivity index (χ0v) is 25.0. The van der Waals surface area contributed by atoms with Gasteiger partial charge >= 0.3 is 5.91 Å². The van der Waals surface area contributed by atoms with Gasteiger partial charge in [0.1, 0.15) is 6.54 Å². The van der Waals surface area contributed by atoms with Gasteiger partial charge in [0.25, 0.3) is 15.9 Å². The zero-order chi connectivity index (χ0) is 29.7. The predicted octanol–water partition coefficient (Wildman–Crippen LogP) is 5.32. The summed E-state index contributed by atoms with van der Waals surface area (Å²) >= 11 is 0. The van der Waals surface area contributed by atoms with Crippen molar-refractivity contribution >= 4 is 27.7 Å². The van der Waals surface area contributed by atoms with E-state index >= 15 is 0 Å². The second-order valence-corrected chi connectivity index (χ2v) is 12.5. The van der Waals surface area contributed by atoms with Crippen molar-refractivity contribution in [2.24, 2.45) is 11.7 Å². The Morgan fingerprint density at radius 3 is 2.25 bits per heavy atom. The Balaban J connectivity index is 1.94. The number of benzene rings is 2. The Morgan fingerprint density at radius 2 is 1.70 bits per heavy atom. The molecular formula is C30H41N4O5S+. The lowest BCUT2D eigenvalue weighted by Crippen LogP contribution is -2.62. The van der Waals surface area contributed by atoms with Crippen molar-refractivity contribution in [2.75, 3.05) is 11.8 Å². The molecule has 10 heteroatoms. The maximum absolute atomic E-state index is 13.5. The predicted molar refractivity (Wildman–Crippen MR) is 156 cm³/mol. The first-order valence-electron chi connectivity index (χ1n) is 13.6. The van der Waals surface area contributed by atoms with E-state index in [0.29, 0.717) is 35.3 Å². The first-order chi connectivity index (χ1) is 18.8. The third kappa shape index (κ3) is 6.79. The number of aryl methyl sites for hydroxylation is 1. The number of sulfonamides is 1. The molecular weight excluding hydrogens is 528 g/mol. The van der Waals surface area contributed by atoms with Crippen LogP contribution in [0.5, 0.6) is 0 Å². The average molecular weight is 570 g/mol. The molecule has 3 N–H and O–H groups in total. The minimum atomic E-state index is -3.98. The monoisotopic (exact) mass is 569 g/mol. The third-order valence-electron chi connectivity index (χ3n) is 7.44. The van der Waals surface area contributed by atoms with Crippen LogP contribution in [-0.4, -0.2) is 43.0 Å². The topological polar surface area (TPSA) is 132 Å². The van der Waals surface area contributed by atoms with Gasteiger partial charge in [-0.3, -0.25) is 4.79 Å². The standard InChI is InChI=1S/C30H40N4O5S/c1-7-8-9-14-27(35)34(6,28(20(2)3)29(31)36)19-23-15-17-24(18-16-23)25-12-10-11-13-26(25)40(37,38)33-30-21(4)22(5)32-39-30/h10-13,15-18,20,28H,7-9,14,19H2,1-6H3,(H2-,31,32,33,36)/p+1/t28-,34?/m0/s1. The highest BCUT2D eigenvalue weighted by Gasteiger charge is 2.45. The van der Waals surface area contributed by atoms with E-state index in [4.69, 9.17) is 10.3 Å². The molecule has 0 saturated carbocycles. The Kier molecular flexibility index (Phi) is 9.92. The van der Waals surface area contributed by atoms with Crippen molar-refractivity contribution in [1.82, 2.24) is 5.16 Å². The molecule has 2 atom stereocenters. The lowest BCUT2D eigenvalue weighted by Gasteiger charge is -2.39. The SMILES string of the molecule is CCCCCC(=O)[N+](C)(Cc1ccc(-c2ccccc2S(=O)(=O)Nc2onc(C)c2C)cc1)[C@H](C(N)=O)C(C)C. The summed E-state index contributed by atoms with van der Waals surface area (Å²) in [5.41, 5.74) is 9.08. The molecule has 2 aromatic carbocycles. The van der Waals surface area contributed by atoms with Crippen molar-refractivity contribution in [3.63, 3.8) is 0 Å². The van der Waals surface area contributed by atoms with Crippen molar-refractivity contribution < 1.29 is 27.0 Å². The van der Waals surface area contributed by atoms with E-state index in [-0.39, 0.29) is 27.1 Å². The molecule has 216 valence electrons. The van der Waals surface area contributed by atoms with E-state index in [1.165, 1.54) is 6.07 Å². The van der Waals surface area contributed by atoms with Crippen LogP contribution in [-0.2, 0) is 26.2 Å². The van der Waals surface area contributed by atoms with Gasteiger partial charge in [0.2, 0.25) is 5.88 Å². The Bertz CT molecular complexity index is 1450. The van der Waals surface area contributed by atoms with Crippen LogP contribution in [0.2, 0.25) is 0 Å². The molecule has 9 nitrogen and oxygen atoms in total. The van der Waals surface area contributed by atoms with Crippen LogP contribution < -0.4 is 10.5 Å². The number of primary amides is 1. The number of nitrogens with one attached hydrogen (secondary N) is 1. The Morgan fingerprint density at radius 1 is 1.05 bits per heavy atom. The number of carbonyl (C=O) groups is 2. The number of hydrogen-bond acceptors (Lipinski definition) is 6. The first kappa shape index (κ1) is 31.0. The number of anilines is 1. The Hall–Kier alpha value is -3.50. The molecule has 0 bridgehead atoms. The summed E-state index contributed by atoms with van der Waals surface area (Å²) in [6, 6.07) is 13.4. The quantitative estimate of drug-likeness (QED) is 0.211. The van der Waals surface area contributed by atoms with Crippen molar-refractivity contribution in [3.8, 4) is 11.1 Å². The van der Waals surface area contributed by atoms with Crippen LogP contribution in [0.3, 0.4) is 0 Å². The molecule has 3 aromatic rings. The van der Waals surface area contributed by atoms with Gasteiger partial charge in [0.05, 0.1) is 24.1 Å². The molecule has 0 fully saturated rings. The highest BCUT2D eigenvalue weighted by molar-refractivity contribution is 7.92. The van der Waals surface area contributed by atoms with Gasteiger partial charge in [-0.2, -0.15) is 0 Å². The van der Waals surface area contributed by atoms with Gasteiger partial charge in [-0.1, -0.05) is 81.2 Å². The molecule has 0 aliphatic rings. The van der Waals surface area contributed by atoms with Gasteiger partial charge in [-0.15, -0.1) is 0 Å². The third-order valence-corrected chi connectivity index (χ3v) is 8.83. The summed E-state index contributed by atoms with van der Waals surface area (Å²) in [5, 5.41) is 3.82. The first-order valence-corrected chi connectivity index (χ1v) is 15.1. The van der Waals surface area contributed by atoms with E-state index < -0.39 is 22.0 Å². The lowest BCUT2D eigenvalue weighted by molar-refractivity contribution is -0.868. The number of nitrogens with zero attached hydrogens (tertiary/aromatic N) is 2. The Labute approximate surface area is 237 Å². The van der Waals surface area contributed by atoms with Gasteiger partial charge in [-0.25, -0.2) is 22.4 Å². The number of aromatic nitrogens is 1. The summed E-state index contributed by atoms with van der Waals surface area (Å²) in [5.74, 6) is -0.562. The van der Waals surface area contributed by atoms with Crippen LogP contribution >= 0.6 is 0 Å². The minimum absolute atomic E-state index is 0.0181. The molecule has 1 heterocycles. The fourth-order valence-electron chi connectivity index (χ4n) is 5.19. The summed E-state index contributed by atoms with van der Waals surface area (Å²) < 4.78 is 34.2. The second kappa shape index (κ2) is 12.8. The van der Waals surface area contributed by atoms with E-state index in [1.54, 1.807) is 39.1 Å². The lowest BCUT2D eigenvalue weighted by atomic mass is 9.96. The molecule has 0 aliphatic carbocycles. The van der Waals surface area contributed by atoms with Crippen LogP contribution in [0.1, 0.15) is 63.3 Å². The zero-order valence-electron chi connectivity index (χ0n) is 24.2. The molecule has 1 aromatic heterocycles. The van der Waals surface area contributed by atoms with E-state index in [0.717, 1.165) is 24.8 Å². The van der Waals surface area contributed by atoms with Crippen LogP contribution in [0.4, 0.5) is 5.88 Å². The molecule has 0 spiro atoms. The number of unbranched alkanes of at least 4 members (excludes halogenated alkanes) is 2. The van der Waals surface area contributed by atoms with Crippen molar-refractivity contribution in [3.05, 3.63) is 65.4 Å². The second-order valence-electron chi connectivity index (χ2n) is 10.9. The summed E-state index contributed by atoms with van der Waals surface area (Å²) in [6.45, 7) is 9.65. The highest BCUT2D eigenvalue weighted by Crippen LogP contribution is 2.31. The highest BCUT2D eigenvalue weighted by atomic mass is 32.2. The number of hydrogen-bond donors (Lipinski definition) is 2. The average Bonchev–Trinajstić information content (AvgIpc) is 3.20. The van der Waals surface area contributed by atoms with Gasteiger partial charge in [-0.05, 0) is 31.9 Å². The van der Waals surface area contributed by atoms with Crippen molar-refractivity contribution in [2.45, 2.75) is 77.8 Å². The molecule has 2 amide bonds. The molecule has 0 aliphatic heterocycles. The van der Waals surface area contributed by atoms with Crippen LogP contribution in [0.15, 0.2) is 57.9 Å². The summed E-state index contributed by atoms with van der Waals surface area (Å²) in [7, 11) is -2.19. The van der Waals surface area contributed by atoms with Gasteiger partial charge in [0, 0.05) is 22.6 Å². The number of amides is 2. The largest absolute Gasteiger partial charge is 0.364 e. The van der Waals surface area contributed by atoms with Crippen LogP contribution in [0, 0.1) is 19.8 Å². The molecule has 3 rings (SSSR count). The smallest absolute Gasteiger partial charge is 0.314 e. The molecule has 40 heavy (non-hydrogen) atoms.